The highest BCUT2D eigenvalue weighted by atomic mass is 16.6. The fourth-order valence-electron chi connectivity index (χ4n) is 1.86. The van der Waals surface area contributed by atoms with Gasteiger partial charge in [0, 0.05) is 38.5 Å². The second kappa shape index (κ2) is 7.58. The third kappa shape index (κ3) is 4.71. The number of amides is 1. The predicted molar refractivity (Wildman–Crippen MR) is 80.7 cm³/mol. The number of carbonyl (C=O) groups is 1. The molecule has 0 fully saturated rings. The van der Waals surface area contributed by atoms with Crippen LogP contribution in [0.5, 0.6) is 0 Å². The van der Waals surface area contributed by atoms with Crippen LogP contribution in [0.1, 0.15) is 30.1 Å². The SMILES string of the molecule is CCC(O)CCNC(=O)c1cc([N+](=O)[O-])ccc1N(C)C. The van der Waals surface area contributed by atoms with E-state index in [2.05, 4.69) is 5.32 Å². The number of rotatable bonds is 7. The monoisotopic (exact) mass is 295 g/mol. The van der Waals surface area contributed by atoms with Crippen molar-refractivity contribution in [3.05, 3.63) is 33.9 Å². The highest BCUT2D eigenvalue weighted by Gasteiger charge is 2.17. The lowest BCUT2D eigenvalue weighted by atomic mass is 10.1. The molecule has 0 spiro atoms. The maximum Gasteiger partial charge on any atom is 0.270 e. The quantitative estimate of drug-likeness (QED) is 0.588. The minimum atomic E-state index is -0.531. The third-order valence-corrected chi connectivity index (χ3v) is 3.15. The molecule has 0 saturated heterocycles. The summed E-state index contributed by atoms with van der Waals surface area (Å²) in [5.74, 6) is -0.384. The van der Waals surface area contributed by atoms with Gasteiger partial charge in [0.2, 0.25) is 0 Å². The van der Waals surface area contributed by atoms with E-state index in [-0.39, 0.29) is 17.2 Å². The molecule has 7 heteroatoms. The lowest BCUT2D eigenvalue weighted by Gasteiger charge is -2.17. The van der Waals surface area contributed by atoms with Crippen LogP contribution in [0, 0.1) is 10.1 Å². The molecule has 7 nitrogen and oxygen atoms in total. The first-order valence-electron chi connectivity index (χ1n) is 6.78. The maximum atomic E-state index is 12.2. The van der Waals surface area contributed by atoms with Crippen LogP contribution in [0.4, 0.5) is 11.4 Å². The second-order valence-corrected chi connectivity index (χ2v) is 4.96. The second-order valence-electron chi connectivity index (χ2n) is 4.96. The lowest BCUT2D eigenvalue weighted by Crippen LogP contribution is -2.28. The Hall–Kier alpha value is -2.15. The van der Waals surface area contributed by atoms with Crippen LogP contribution in [0.25, 0.3) is 0 Å². The summed E-state index contributed by atoms with van der Waals surface area (Å²) < 4.78 is 0. The Morgan fingerprint density at radius 3 is 2.67 bits per heavy atom. The largest absolute Gasteiger partial charge is 0.393 e. The van der Waals surface area contributed by atoms with Crippen molar-refractivity contribution in [3.63, 3.8) is 0 Å². The summed E-state index contributed by atoms with van der Waals surface area (Å²) in [4.78, 5) is 24.2. The zero-order valence-electron chi connectivity index (χ0n) is 12.5. The van der Waals surface area contributed by atoms with Gasteiger partial charge in [-0.25, -0.2) is 0 Å². The van der Waals surface area contributed by atoms with Crippen molar-refractivity contribution in [2.75, 3.05) is 25.5 Å². The first kappa shape index (κ1) is 16.9. The number of aliphatic hydroxyl groups excluding tert-OH is 1. The zero-order chi connectivity index (χ0) is 16.0. The Balaban J connectivity index is 2.89. The topological polar surface area (TPSA) is 95.7 Å². The molecule has 0 aliphatic rings. The fraction of sp³-hybridized carbons (Fsp3) is 0.500. The van der Waals surface area contributed by atoms with Crippen LogP contribution in [0.3, 0.4) is 0 Å². The number of hydrogen-bond donors (Lipinski definition) is 2. The van der Waals surface area contributed by atoms with Crippen molar-refractivity contribution in [1.29, 1.82) is 0 Å². The van der Waals surface area contributed by atoms with Gasteiger partial charge < -0.3 is 15.3 Å². The Morgan fingerprint density at radius 1 is 1.48 bits per heavy atom. The minimum absolute atomic E-state index is 0.126. The molecule has 1 unspecified atom stereocenters. The molecule has 0 aromatic heterocycles. The minimum Gasteiger partial charge on any atom is -0.393 e. The standard InChI is InChI=1S/C14H21N3O4/c1-4-11(18)7-8-15-14(19)12-9-10(17(20)21)5-6-13(12)16(2)3/h5-6,9,11,18H,4,7-8H2,1-3H3,(H,15,19). The number of aliphatic hydroxyl groups is 1. The van der Waals surface area contributed by atoms with Crippen molar-refractivity contribution >= 4 is 17.3 Å². The van der Waals surface area contributed by atoms with Crippen molar-refractivity contribution in [1.82, 2.24) is 5.32 Å². The number of carbonyl (C=O) groups excluding carboxylic acids is 1. The molecule has 0 heterocycles. The highest BCUT2D eigenvalue weighted by Crippen LogP contribution is 2.24. The van der Waals surface area contributed by atoms with E-state index < -0.39 is 11.0 Å². The fourth-order valence-corrected chi connectivity index (χ4v) is 1.86. The highest BCUT2D eigenvalue weighted by molar-refractivity contribution is 6.00. The average molecular weight is 295 g/mol. The van der Waals surface area contributed by atoms with E-state index in [9.17, 15) is 20.0 Å². The molecule has 1 atom stereocenters. The van der Waals surface area contributed by atoms with Gasteiger partial charge in [0.15, 0.2) is 0 Å². The summed E-state index contributed by atoms with van der Waals surface area (Å²) in [6.07, 6.45) is 0.619. The summed E-state index contributed by atoms with van der Waals surface area (Å²) in [6, 6.07) is 4.18. The van der Waals surface area contributed by atoms with E-state index in [0.29, 0.717) is 25.1 Å². The van der Waals surface area contributed by atoms with Crippen LogP contribution in [0.15, 0.2) is 18.2 Å². The number of hydrogen-bond acceptors (Lipinski definition) is 5. The Labute approximate surface area is 123 Å². The molecule has 0 bridgehead atoms. The normalized spacial score (nSPS) is 11.8. The lowest BCUT2D eigenvalue weighted by molar-refractivity contribution is -0.384. The van der Waals surface area contributed by atoms with Crippen LogP contribution in [0.2, 0.25) is 0 Å². The molecule has 1 aromatic rings. The maximum absolute atomic E-state index is 12.2. The van der Waals surface area contributed by atoms with Crippen LogP contribution in [-0.4, -0.2) is 42.7 Å². The number of nitrogens with one attached hydrogen (secondary N) is 1. The summed E-state index contributed by atoms with van der Waals surface area (Å²) in [5.41, 5.74) is 0.730. The molecular weight excluding hydrogens is 274 g/mol. The third-order valence-electron chi connectivity index (χ3n) is 3.15. The van der Waals surface area contributed by atoms with Crippen LogP contribution >= 0.6 is 0 Å². The first-order chi connectivity index (χ1) is 9.86. The van der Waals surface area contributed by atoms with Gasteiger partial charge >= 0.3 is 0 Å². The van der Waals surface area contributed by atoms with Crippen LogP contribution < -0.4 is 10.2 Å². The van der Waals surface area contributed by atoms with E-state index in [0.717, 1.165) is 0 Å². The van der Waals surface area contributed by atoms with Crippen LogP contribution in [-0.2, 0) is 0 Å². The van der Waals surface area contributed by atoms with Crippen molar-refractivity contribution in [3.8, 4) is 0 Å². The molecule has 1 amide bonds. The van der Waals surface area contributed by atoms with Gasteiger partial charge in [0.05, 0.1) is 16.6 Å². The molecule has 1 aromatic carbocycles. The molecule has 2 N–H and O–H groups in total. The molecular formula is C14H21N3O4. The summed E-state index contributed by atoms with van der Waals surface area (Å²) >= 11 is 0. The smallest absolute Gasteiger partial charge is 0.270 e. The number of non-ortho nitro benzene ring substituents is 1. The van der Waals surface area contributed by atoms with Gasteiger partial charge in [-0.1, -0.05) is 6.92 Å². The molecule has 0 saturated carbocycles. The van der Waals surface area contributed by atoms with E-state index >= 15 is 0 Å². The number of nitrogens with zero attached hydrogens (tertiary/aromatic N) is 2. The molecule has 0 radical (unpaired) electrons. The Morgan fingerprint density at radius 2 is 2.14 bits per heavy atom. The Kier molecular flexibility index (Phi) is 6.10. The van der Waals surface area contributed by atoms with E-state index in [1.165, 1.54) is 12.1 Å². The first-order valence-corrected chi connectivity index (χ1v) is 6.78. The summed E-state index contributed by atoms with van der Waals surface area (Å²) in [7, 11) is 3.53. The van der Waals surface area contributed by atoms with Gasteiger partial charge in [-0.15, -0.1) is 0 Å². The number of anilines is 1. The average Bonchev–Trinajstić information content (AvgIpc) is 2.45. The summed E-state index contributed by atoms with van der Waals surface area (Å²) in [5, 5.41) is 23.0. The molecule has 0 aliphatic carbocycles. The van der Waals surface area contributed by atoms with Crippen molar-refractivity contribution in [2.45, 2.75) is 25.9 Å². The molecule has 0 aliphatic heterocycles. The molecule has 116 valence electrons. The predicted octanol–water partition coefficient (Wildman–Crippen LogP) is 1.55. The van der Waals surface area contributed by atoms with Gasteiger partial charge in [-0.05, 0) is 18.9 Å². The van der Waals surface area contributed by atoms with Gasteiger partial charge in [-0.2, -0.15) is 0 Å². The van der Waals surface area contributed by atoms with Gasteiger partial charge in [0.25, 0.3) is 11.6 Å². The summed E-state index contributed by atoms with van der Waals surface area (Å²) in [6.45, 7) is 2.18. The molecule has 1 rings (SSSR count). The number of nitro groups is 1. The Bertz CT molecular complexity index is 517. The number of benzene rings is 1. The van der Waals surface area contributed by atoms with Gasteiger partial charge in [-0.3, -0.25) is 14.9 Å². The van der Waals surface area contributed by atoms with E-state index in [1.54, 1.807) is 25.1 Å². The van der Waals surface area contributed by atoms with Gasteiger partial charge in [0.1, 0.15) is 0 Å². The van der Waals surface area contributed by atoms with Crippen molar-refractivity contribution in [2.24, 2.45) is 0 Å². The van der Waals surface area contributed by atoms with Crippen molar-refractivity contribution < 1.29 is 14.8 Å². The van der Waals surface area contributed by atoms with E-state index in [1.807, 2.05) is 6.92 Å². The number of nitro benzene ring substituents is 1. The van der Waals surface area contributed by atoms with E-state index in [4.69, 9.17) is 0 Å². The molecule has 21 heavy (non-hydrogen) atoms. The zero-order valence-corrected chi connectivity index (χ0v) is 12.5.